The van der Waals surface area contributed by atoms with E-state index in [4.69, 9.17) is 4.42 Å². The van der Waals surface area contributed by atoms with Crippen LogP contribution < -0.4 is 5.32 Å². The summed E-state index contributed by atoms with van der Waals surface area (Å²) in [5, 5.41) is 3.15. The summed E-state index contributed by atoms with van der Waals surface area (Å²) in [7, 11) is -3.26. The fraction of sp³-hybridized carbons (Fsp3) is 0.267. The number of nitrogens with zero attached hydrogens (tertiary/aromatic N) is 1. The van der Waals surface area contributed by atoms with E-state index in [1.807, 2.05) is 0 Å². The third-order valence-electron chi connectivity index (χ3n) is 3.53. The van der Waals surface area contributed by atoms with E-state index < -0.39 is 32.9 Å². The van der Waals surface area contributed by atoms with E-state index in [0.29, 0.717) is 5.76 Å². The maximum absolute atomic E-state index is 12.2. The third-order valence-corrected chi connectivity index (χ3v) is 5.83. The van der Waals surface area contributed by atoms with Gasteiger partial charge in [0.05, 0.1) is 23.0 Å². The van der Waals surface area contributed by atoms with Crippen molar-refractivity contribution in [3.8, 4) is 0 Å². The normalized spacial score (nSPS) is 23.6. The van der Waals surface area contributed by atoms with Gasteiger partial charge in [-0.2, -0.15) is 0 Å². The van der Waals surface area contributed by atoms with Crippen molar-refractivity contribution in [1.82, 2.24) is 10.2 Å². The molecule has 1 unspecified atom stereocenters. The molecule has 1 saturated heterocycles. The van der Waals surface area contributed by atoms with Crippen molar-refractivity contribution in [2.75, 3.05) is 12.3 Å². The number of furan rings is 1. The summed E-state index contributed by atoms with van der Waals surface area (Å²) in [6, 6.07) is 2.74. The molecule has 0 saturated carbocycles. The molecule has 0 aromatic carbocycles. The van der Waals surface area contributed by atoms with E-state index in [1.165, 1.54) is 18.4 Å². The van der Waals surface area contributed by atoms with Gasteiger partial charge in [0.2, 0.25) is 5.91 Å². The Morgan fingerprint density at radius 3 is 2.88 bits per heavy atom. The van der Waals surface area contributed by atoms with Crippen molar-refractivity contribution in [3.63, 3.8) is 0 Å². The van der Waals surface area contributed by atoms with Crippen LogP contribution in [0.25, 0.3) is 6.08 Å². The molecule has 1 atom stereocenters. The van der Waals surface area contributed by atoms with Crippen molar-refractivity contribution in [2.24, 2.45) is 0 Å². The molecule has 25 heavy (non-hydrogen) atoms. The highest BCUT2D eigenvalue weighted by molar-refractivity contribution is 8.18. The molecule has 3 heterocycles. The van der Waals surface area contributed by atoms with Crippen LogP contribution in [0.1, 0.15) is 12.2 Å². The first-order valence-corrected chi connectivity index (χ1v) is 9.86. The van der Waals surface area contributed by atoms with Gasteiger partial charge in [0.15, 0.2) is 9.84 Å². The SMILES string of the molecule is O=C(CCN1C(=O)SC(=Cc2ccco2)C1=O)NC1C=CS(=O)(=O)C1. The highest BCUT2D eigenvalue weighted by atomic mass is 32.2. The number of imide groups is 1. The fourth-order valence-electron chi connectivity index (χ4n) is 2.35. The van der Waals surface area contributed by atoms with Crippen LogP contribution in [-0.2, 0) is 19.4 Å². The molecule has 0 aliphatic carbocycles. The van der Waals surface area contributed by atoms with Gasteiger partial charge in [-0.15, -0.1) is 0 Å². The molecule has 8 nitrogen and oxygen atoms in total. The van der Waals surface area contributed by atoms with Crippen molar-refractivity contribution < 1.29 is 27.2 Å². The number of nitrogens with one attached hydrogen (secondary N) is 1. The number of carbonyl (C=O) groups is 3. The smallest absolute Gasteiger partial charge is 0.293 e. The number of hydrogen-bond donors (Lipinski definition) is 1. The number of thioether (sulfide) groups is 1. The van der Waals surface area contributed by atoms with Gasteiger partial charge in [-0.1, -0.05) is 0 Å². The van der Waals surface area contributed by atoms with E-state index >= 15 is 0 Å². The lowest BCUT2D eigenvalue weighted by atomic mass is 10.3. The first kappa shape index (κ1) is 17.5. The second-order valence-corrected chi connectivity index (χ2v) is 8.36. The molecule has 0 radical (unpaired) electrons. The average Bonchev–Trinajstić information content (AvgIpc) is 3.21. The Kier molecular flexibility index (Phi) is 4.82. The van der Waals surface area contributed by atoms with E-state index in [1.54, 1.807) is 12.1 Å². The molecule has 0 bridgehead atoms. The van der Waals surface area contributed by atoms with E-state index in [-0.39, 0.29) is 23.6 Å². The summed E-state index contributed by atoms with van der Waals surface area (Å²) in [5.74, 6) is -0.632. The summed E-state index contributed by atoms with van der Waals surface area (Å²) < 4.78 is 27.7. The first-order chi connectivity index (χ1) is 11.8. The van der Waals surface area contributed by atoms with Gasteiger partial charge >= 0.3 is 0 Å². The molecule has 2 aliphatic heterocycles. The molecule has 3 rings (SSSR count). The van der Waals surface area contributed by atoms with Crippen LogP contribution in [-0.4, -0.2) is 48.7 Å². The van der Waals surface area contributed by atoms with Crippen LogP contribution in [0.4, 0.5) is 4.79 Å². The summed E-state index contributed by atoms with van der Waals surface area (Å²) in [6.45, 7) is -0.0742. The third kappa shape index (κ3) is 4.20. The van der Waals surface area contributed by atoms with Gasteiger partial charge in [0, 0.05) is 24.4 Å². The fourth-order valence-corrected chi connectivity index (χ4v) is 4.43. The van der Waals surface area contributed by atoms with Gasteiger partial charge in [-0.05, 0) is 30.0 Å². The van der Waals surface area contributed by atoms with Crippen molar-refractivity contribution in [1.29, 1.82) is 0 Å². The molecular formula is C15H14N2O6S2. The second-order valence-electron chi connectivity index (χ2n) is 5.43. The highest BCUT2D eigenvalue weighted by Crippen LogP contribution is 2.32. The lowest BCUT2D eigenvalue weighted by Crippen LogP contribution is -2.38. The largest absolute Gasteiger partial charge is 0.465 e. The molecule has 1 fully saturated rings. The number of amides is 3. The second kappa shape index (κ2) is 6.89. The zero-order valence-electron chi connectivity index (χ0n) is 12.9. The molecule has 3 amide bonds. The van der Waals surface area contributed by atoms with Crippen LogP contribution in [0.5, 0.6) is 0 Å². The number of hydrogen-bond acceptors (Lipinski definition) is 7. The Morgan fingerprint density at radius 1 is 1.44 bits per heavy atom. The van der Waals surface area contributed by atoms with Gasteiger partial charge in [-0.25, -0.2) is 8.42 Å². The summed E-state index contributed by atoms with van der Waals surface area (Å²) in [4.78, 5) is 37.3. The summed E-state index contributed by atoms with van der Waals surface area (Å²) >= 11 is 0.781. The van der Waals surface area contributed by atoms with E-state index in [9.17, 15) is 22.8 Å². The molecule has 132 valence electrons. The molecule has 10 heteroatoms. The molecule has 1 N–H and O–H groups in total. The Hall–Kier alpha value is -2.33. The lowest BCUT2D eigenvalue weighted by molar-refractivity contribution is -0.124. The number of sulfone groups is 1. The van der Waals surface area contributed by atoms with Gasteiger partial charge in [0.1, 0.15) is 5.76 Å². The van der Waals surface area contributed by atoms with Crippen LogP contribution in [0.15, 0.2) is 39.2 Å². The van der Waals surface area contributed by atoms with E-state index in [2.05, 4.69) is 5.32 Å². The Morgan fingerprint density at radius 2 is 2.24 bits per heavy atom. The number of carbonyl (C=O) groups excluding carboxylic acids is 3. The Bertz CT molecular complexity index is 870. The van der Waals surface area contributed by atoms with Gasteiger partial charge < -0.3 is 9.73 Å². The minimum atomic E-state index is -3.26. The number of rotatable bonds is 5. The van der Waals surface area contributed by atoms with Crippen molar-refractivity contribution in [3.05, 3.63) is 40.5 Å². The lowest BCUT2D eigenvalue weighted by Gasteiger charge is -2.14. The maximum atomic E-state index is 12.2. The minimum absolute atomic E-state index is 0.0742. The van der Waals surface area contributed by atoms with Crippen LogP contribution in [0.3, 0.4) is 0 Å². The molecule has 1 aromatic rings. The Balaban J connectivity index is 1.54. The quantitative estimate of drug-likeness (QED) is 0.759. The zero-order chi connectivity index (χ0) is 18.0. The Labute approximate surface area is 147 Å². The van der Waals surface area contributed by atoms with Crippen molar-refractivity contribution >= 4 is 44.7 Å². The van der Waals surface area contributed by atoms with Crippen LogP contribution >= 0.6 is 11.8 Å². The topological polar surface area (TPSA) is 114 Å². The predicted octanol–water partition coefficient (Wildman–Crippen LogP) is 1.13. The van der Waals surface area contributed by atoms with Crippen LogP contribution in [0.2, 0.25) is 0 Å². The monoisotopic (exact) mass is 382 g/mol. The maximum Gasteiger partial charge on any atom is 0.293 e. The minimum Gasteiger partial charge on any atom is -0.465 e. The van der Waals surface area contributed by atoms with Crippen LogP contribution in [0, 0.1) is 0 Å². The predicted molar refractivity (Wildman–Crippen MR) is 90.9 cm³/mol. The summed E-state index contributed by atoms with van der Waals surface area (Å²) in [5.41, 5.74) is 0. The first-order valence-electron chi connectivity index (χ1n) is 7.33. The molecule has 0 spiro atoms. The molecule has 1 aromatic heterocycles. The average molecular weight is 382 g/mol. The molecular weight excluding hydrogens is 368 g/mol. The van der Waals surface area contributed by atoms with Gasteiger partial charge in [-0.3, -0.25) is 19.3 Å². The van der Waals surface area contributed by atoms with E-state index in [0.717, 1.165) is 22.1 Å². The van der Waals surface area contributed by atoms with Crippen molar-refractivity contribution in [2.45, 2.75) is 12.5 Å². The molecule has 2 aliphatic rings. The highest BCUT2D eigenvalue weighted by Gasteiger charge is 2.35. The standard InChI is InChI=1S/C15H14N2O6S2/c18-13(16-10-4-7-25(21,22)9-10)3-5-17-14(19)12(24-15(17)20)8-11-2-1-6-23-11/h1-2,4,6-8,10H,3,5,9H2,(H,16,18). The summed E-state index contributed by atoms with van der Waals surface area (Å²) in [6.07, 6.45) is 4.23. The zero-order valence-corrected chi connectivity index (χ0v) is 14.5. The van der Waals surface area contributed by atoms with Gasteiger partial charge in [0.25, 0.3) is 11.1 Å².